The summed E-state index contributed by atoms with van der Waals surface area (Å²) < 4.78 is 26.8. The van der Waals surface area contributed by atoms with Crippen molar-refractivity contribution >= 4 is 6.09 Å². The van der Waals surface area contributed by atoms with Gasteiger partial charge in [-0.2, -0.15) is 0 Å². The van der Waals surface area contributed by atoms with Gasteiger partial charge in [0.05, 0.1) is 12.1 Å². The number of benzene rings is 2. The fourth-order valence-electron chi connectivity index (χ4n) is 3.60. The number of carboxylic acid groups (broad SMARTS) is 1. The Morgan fingerprint density at radius 2 is 1.89 bits per heavy atom. The number of nitrogens with one attached hydrogen (secondary N) is 2. The predicted octanol–water partition coefficient (Wildman–Crippen LogP) is 2.78. The van der Waals surface area contributed by atoms with Gasteiger partial charge in [0.15, 0.2) is 0 Å². The molecule has 3 rings (SSSR count). The molecule has 0 saturated heterocycles. The van der Waals surface area contributed by atoms with E-state index in [9.17, 15) is 18.7 Å². The second-order valence-electron chi connectivity index (χ2n) is 6.80. The van der Waals surface area contributed by atoms with Gasteiger partial charge in [-0.3, -0.25) is 0 Å². The van der Waals surface area contributed by atoms with E-state index in [0.29, 0.717) is 0 Å². The molecule has 0 heterocycles. The van der Waals surface area contributed by atoms with Gasteiger partial charge in [0, 0.05) is 18.7 Å². The zero-order valence-electron chi connectivity index (χ0n) is 14.7. The van der Waals surface area contributed by atoms with Crippen molar-refractivity contribution in [1.82, 2.24) is 10.6 Å². The molecule has 5 nitrogen and oxygen atoms in total. The molecule has 7 heteroatoms. The minimum absolute atomic E-state index is 0.0227. The smallest absolute Gasteiger partial charge is 0.404 e. The van der Waals surface area contributed by atoms with E-state index in [-0.39, 0.29) is 24.6 Å². The zero-order chi connectivity index (χ0) is 19.4. The van der Waals surface area contributed by atoms with Crippen LogP contribution in [0.1, 0.15) is 29.2 Å². The van der Waals surface area contributed by atoms with Crippen molar-refractivity contribution < 1.29 is 23.8 Å². The van der Waals surface area contributed by atoms with E-state index in [1.54, 1.807) is 0 Å². The van der Waals surface area contributed by atoms with Crippen molar-refractivity contribution in [3.8, 4) is 0 Å². The zero-order valence-corrected chi connectivity index (χ0v) is 14.7. The third-order valence-corrected chi connectivity index (χ3v) is 4.86. The SMILES string of the molecule is O=C(O)N[C@@H](Cc1cc(F)cc(F)c1)[C@H](O)CN[C@H]1CCc2ccccc21. The first-order chi connectivity index (χ1) is 12.9. The van der Waals surface area contributed by atoms with Crippen LogP contribution in [-0.2, 0) is 12.8 Å². The number of carbonyl (C=O) groups is 1. The van der Waals surface area contributed by atoms with Crippen LogP contribution in [-0.4, -0.2) is 35.0 Å². The number of amides is 1. The topological polar surface area (TPSA) is 81.6 Å². The fraction of sp³-hybridized carbons (Fsp3) is 0.350. The molecule has 4 N–H and O–H groups in total. The molecule has 0 saturated carbocycles. The van der Waals surface area contributed by atoms with E-state index in [2.05, 4.69) is 16.7 Å². The number of aryl methyl sites for hydroxylation is 1. The van der Waals surface area contributed by atoms with Crippen molar-refractivity contribution in [1.29, 1.82) is 0 Å². The molecule has 2 aromatic carbocycles. The third-order valence-electron chi connectivity index (χ3n) is 4.86. The van der Waals surface area contributed by atoms with E-state index in [4.69, 9.17) is 5.11 Å². The lowest BCUT2D eigenvalue weighted by Gasteiger charge is -2.25. The van der Waals surface area contributed by atoms with Gasteiger partial charge in [0.25, 0.3) is 0 Å². The monoisotopic (exact) mass is 376 g/mol. The van der Waals surface area contributed by atoms with Crippen LogP contribution in [0.25, 0.3) is 0 Å². The van der Waals surface area contributed by atoms with Gasteiger partial charge in [-0.05, 0) is 48.1 Å². The molecule has 1 aliphatic rings. The Balaban J connectivity index is 1.65. The predicted molar refractivity (Wildman–Crippen MR) is 96.5 cm³/mol. The second kappa shape index (κ2) is 8.45. The Morgan fingerprint density at radius 3 is 2.59 bits per heavy atom. The largest absolute Gasteiger partial charge is 0.465 e. The Bertz CT molecular complexity index is 795. The Kier molecular flexibility index (Phi) is 6.03. The summed E-state index contributed by atoms with van der Waals surface area (Å²) in [5, 5.41) is 25.0. The average molecular weight is 376 g/mol. The van der Waals surface area contributed by atoms with Crippen LogP contribution >= 0.6 is 0 Å². The minimum Gasteiger partial charge on any atom is -0.465 e. The molecule has 1 amide bonds. The van der Waals surface area contributed by atoms with E-state index < -0.39 is 29.9 Å². The summed E-state index contributed by atoms with van der Waals surface area (Å²) in [6, 6.07) is 10.3. The molecule has 0 fully saturated rings. The molecule has 1 aliphatic carbocycles. The Morgan fingerprint density at radius 1 is 1.19 bits per heavy atom. The fourth-order valence-corrected chi connectivity index (χ4v) is 3.60. The third kappa shape index (κ3) is 5.02. The van der Waals surface area contributed by atoms with E-state index in [1.165, 1.54) is 11.1 Å². The number of aliphatic hydroxyl groups is 1. The molecule has 0 aromatic heterocycles. The number of fused-ring (bicyclic) bond motifs is 1. The molecule has 3 atom stereocenters. The first-order valence-electron chi connectivity index (χ1n) is 8.86. The van der Waals surface area contributed by atoms with Gasteiger partial charge >= 0.3 is 6.09 Å². The normalized spacial score (nSPS) is 18.0. The van der Waals surface area contributed by atoms with Crippen LogP contribution in [0.2, 0.25) is 0 Å². The molecular formula is C20H22F2N2O3. The standard InChI is InChI=1S/C20H22F2N2O3/c21-14-7-12(8-15(22)10-14)9-18(24-20(26)27)19(25)11-23-17-6-5-13-3-1-2-4-16(13)17/h1-4,7-8,10,17-19,23-25H,5-6,9,11H2,(H,26,27)/t17-,18-,19+/m0/s1. The maximum atomic E-state index is 13.4. The van der Waals surface area contributed by atoms with Gasteiger partial charge in [-0.1, -0.05) is 24.3 Å². The molecule has 0 aliphatic heterocycles. The van der Waals surface area contributed by atoms with Crippen molar-refractivity contribution in [3.05, 3.63) is 70.8 Å². The van der Waals surface area contributed by atoms with Crippen LogP contribution in [0.4, 0.5) is 13.6 Å². The number of hydrogen-bond acceptors (Lipinski definition) is 3. The van der Waals surface area contributed by atoms with Gasteiger partial charge in [-0.15, -0.1) is 0 Å². The summed E-state index contributed by atoms with van der Waals surface area (Å²) in [5.74, 6) is -1.48. The van der Waals surface area contributed by atoms with Crippen molar-refractivity contribution in [2.24, 2.45) is 0 Å². The van der Waals surface area contributed by atoms with Gasteiger partial charge in [0.1, 0.15) is 11.6 Å². The molecular weight excluding hydrogens is 354 g/mol. The first kappa shape index (κ1) is 19.3. The second-order valence-corrected chi connectivity index (χ2v) is 6.80. The molecule has 27 heavy (non-hydrogen) atoms. The van der Waals surface area contributed by atoms with Crippen molar-refractivity contribution in [3.63, 3.8) is 0 Å². The molecule has 0 bridgehead atoms. The summed E-state index contributed by atoms with van der Waals surface area (Å²) in [7, 11) is 0. The van der Waals surface area contributed by atoms with Gasteiger partial charge < -0.3 is 20.8 Å². The highest BCUT2D eigenvalue weighted by Gasteiger charge is 2.26. The van der Waals surface area contributed by atoms with Crippen LogP contribution < -0.4 is 10.6 Å². The Labute approximate surface area is 156 Å². The molecule has 2 aromatic rings. The summed E-state index contributed by atoms with van der Waals surface area (Å²) >= 11 is 0. The quantitative estimate of drug-likeness (QED) is 0.599. The Hall–Kier alpha value is -2.51. The van der Waals surface area contributed by atoms with Crippen LogP contribution in [0, 0.1) is 11.6 Å². The van der Waals surface area contributed by atoms with Gasteiger partial charge in [0.2, 0.25) is 0 Å². The van der Waals surface area contributed by atoms with E-state index in [0.717, 1.165) is 31.0 Å². The van der Waals surface area contributed by atoms with Crippen LogP contribution in [0.15, 0.2) is 42.5 Å². The number of rotatable bonds is 7. The highest BCUT2D eigenvalue weighted by Crippen LogP contribution is 2.30. The molecule has 0 radical (unpaired) electrons. The summed E-state index contributed by atoms with van der Waals surface area (Å²) in [4.78, 5) is 11.1. The van der Waals surface area contributed by atoms with Gasteiger partial charge in [-0.25, -0.2) is 13.6 Å². The number of hydrogen-bond donors (Lipinski definition) is 4. The minimum atomic E-state index is -1.30. The maximum Gasteiger partial charge on any atom is 0.404 e. The highest BCUT2D eigenvalue weighted by atomic mass is 19.1. The lowest BCUT2D eigenvalue weighted by atomic mass is 10.0. The lowest BCUT2D eigenvalue weighted by Crippen LogP contribution is -2.48. The first-order valence-corrected chi connectivity index (χ1v) is 8.86. The molecule has 144 valence electrons. The maximum absolute atomic E-state index is 13.4. The van der Waals surface area contributed by atoms with Crippen molar-refractivity contribution in [2.75, 3.05) is 6.54 Å². The average Bonchev–Trinajstić information content (AvgIpc) is 3.01. The highest BCUT2D eigenvalue weighted by molar-refractivity contribution is 5.65. The molecule has 0 spiro atoms. The molecule has 0 unspecified atom stereocenters. The van der Waals surface area contributed by atoms with Crippen molar-refractivity contribution in [2.45, 2.75) is 37.5 Å². The number of halogens is 2. The summed E-state index contributed by atoms with van der Waals surface area (Å²) in [6.07, 6.45) is -0.533. The summed E-state index contributed by atoms with van der Waals surface area (Å²) in [5.41, 5.74) is 2.72. The number of aliphatic hydroxyl groups excluding tert-OH is 1. The summed E-state index contributed by atoms with van der Waals surface area (Å²) in [6.45, 7) is 0.155. The van der Waals surface area contributed by atoms with E-state index >= 15 is 0 Å². The van der Waals surface area contributed by atoms with Crippen LogP contribution in [0.3, 0.4) is 0 Å². The lowest BCUT2D eigenvalue weighted by molar-refractivity contribution is 0.115. The van der Waals surface area contributed by atoms with E-state index in [1.807, 2.05) is 18.2 Å². The van der Waals surface area contributed by atoms with Crippen LogP contribution in [0.5, 0.6) is 0 Å².